The van der Waals surface area contributed by atoms with E-state index in [0.717, 1.165) is 0 Å². The minimum Gasteiger partial charge on any atom is -0.367 e. The Morgan fingerprint density at radius 3 is 1.56 bits per heavy atom. The monoisotopic (exact) mass is 308 g/mol. The predicted molar refractivity (Wildman–Crippen MR) is 60.6 cm³/mol. The van der Waals surface area contributed by atoms with Crippen LogP contribution in [0.3, 0.4) is 0 Å². The van der Waals surface area contributed by atoms with Gasteiger partial charge >= 0.3 is 15.2 Å². The van der Waals surface area contributed by atoms with E-state index in [9.17, 15) is 24.0 Å². The van der Waals surface area contributed by atoms with Gasteiger partial charge in [0.25, 0.3) is 5.08 Å². The third kappa shape index (κ3) is 2.85. The first-order valence-corrected chi connectivity index (χ1v) is 7.98. The van der Waals surface area contributed by atoms with Crippen LogP contribution in [-0.2, 0) is 18.5 Å². The first kappa shape index (κ1) is 18.2. The van der Waals surface area contributed by atoms with Crippen LogP contribution in [-0.4, -0.2) is 30.5 Å². The van der Waals surface area contributed by atoms with Crippen molar-refractivity contribution in [3.05, 3.63) is 0 Å². The van der Waals surface area contributed by atoms with E-state index in [4.69, 9.17) is 10.5 Å². The highest BCUT2D eigenvalue weighted by atomic mass is 31.2. The largest absolute Gasteiger partial charge is 0.427 e. The fourth-order valence-corrected chi connectivity index (χ4v) is 4.88. The van der Waals surface area contributed by atoms with Gasteiger partial charge in [-0.2, -0.15) is 0 Å². The molecular weight excluding hydrogens is 290 g/mol. The SMILES string of the molecule is CC(C(C)(C)C)C(O)(P(=O)(O)O)P(=O)(OO)OO. The van der Waals surface area contributed by atoms with E-state index < -0.39 is 31.6 Å². The van der Waals surface area contributed by atoms with Crippen LogP contribution >= 0.6 is 15.2 Å². The van der Waals surface area contributed by atoms with Crippen LogP contribution in [0.1, 0.15) is 27.7 Å². The molecule has 0 spiro atoms. The molecule has 0 bridgehead atoms. The fourth-order valence-electron chi connectivity index (χ4n) is 1.37. The number of rotatable bonds is 5. The molecule has 0 aliphatic rings. The summed E-state index contributed by atoms with van der Waals surface area (Å²) in [6.45, 7) is 5.66. The molecule has 0 aliphatic heterocycles. The lowest BCUT2D eigenvalue weighted by Crippen LogP contribution is -2.43. The van der Waals surface area contributed by atoms with E-state index in [1.54, 1.807) is 0 Å². The Kier molecular flexibility index (Phi) is 5.33. The van der Waals surface area contributed by atoms with Crippen molar-refractivity contribution in [2.24, 2.45) is 11.3 Å². The molecule has 0 aromatic heterocycles. The molecule has 0 amide bonds. The van der Waals surface area contributed by atoms with E-state index in [1.807, 2.05) is 0 Å². The van der Waals surface area contributed by atoms with Gasteiger partial charge in [0.15, 0.2) is 0 Å². The van der Waals surface area contributed by atoms with Gasteiger partial charge in [0.05, 0.1) is 0 Å². The topological polar surface area (TPSA) is 154 Å². The Morgan fingerprint density at radius 2 is 1.39 bits per heavy atom. The molecule has 0 aliphatic carbocycles. The second-order valence-electron chi connectivity index (χ2n) is 4.98. The first-order valence-electron chi connectivity index (χ1n) is 4.82. The molecule has 0 rings (SSSR count). The van der Waals surface area contributed by atoms with Gasteiger partial charge in [-0.05, 0) is 5.41 Å². The summed E-state index contributed by atoms with van der Waals surface area (Å²) in [6, 6.07) is 0. The zero-order valence-electron chi connectivity index (χ0n) is 10.3. The molecule has 0 aromatic carbocycles. The van der Waals surface area contributed by atoms with E-state index in [1.165, 1.54) is 27.7 Å². The molecule has 0 saturated carbocycles. The van der Waals surface area contributed by atoms with Gasteiger partial charge in [-0.15, -0.1) is 9.35 Å². The van der Waals surface area contributed by atoms with E-state index in [0.29, 0.717) is 0 Å². The third-order valence-electron chi connectivity index (χ3n) is 2.93. The molecule has 11 heteroatoms. The normalized spacial score (nSPS) is 19.4. The summed E-state index contributed by atoms with van der Waals surface area (Å²) in [4.78, 5) is 18.3. The highest BCUT2D eigenvalue weighted by Crippen LogP contribution is 2.76. The van der Waals surface area contributed by atoms with Gasteiger partial charge in [-0.3, -0.25) is 9.13 Å². The summed E-state index contributed by atoms with van der Waals surface area (Å²) in [6.07, 6.45) is 0. The van der Waals surface area contributed by atoms with Gasteiger partial charge in [-0.25, -0.2) is 10.5 Å². The highest BCUT2D eigenvalue weighted by molar-refractivity contribution is 7.72. The number of aliphatic hydroxyl groups is 1. The van der Waals surface area contributed by atoms with Crippen LogP contribution in [0.4, 0.5) is 0 Å². The Bertz CT molecular complexity index is 375. The lowest BCUT2D eigenvalue weighted by molar-refractivity contribution is -0.220. The highest BCUT2D eigenvalue weighted by Gasteiger charge is 2.68. The molecule has 0 aromatic rings. The Hall–Kier alpha value is 0.180. The number of hydrogen-bond acceptors (Lipinski definition) is 7. The van der Waals surface area contributed by atoms with Crippen molar-refractivity contribution < 1.29 is 43.9 Å². The van der Waals surface area contributed by atoms with Crippen LogP contribution in [0.25, 0.3) is 0 Å². The predicted octanol–water partition coefficient (Wildman–Crippen LogP) is 1.66. The van der Waals surface area contributed by atoms with Crippen molar-refractivity contribution in [1.29, 1.82) is 0 Å². The van der Waals surface area contributed by atoms with Crippen LogP contribution < -0.4 is 0 Å². The second kappa shape index (κ2) is 5.28. The Balaban J connectivity index is 6.09. The zero-order valence-corrected chi connectivity index (χ0v) is 12.1. The minimum atomic E-state index is -5.47. The molecule has 2 atom stereocenters. The van der Waals surface area contributed by atoms with E-state index in [-0.39, 0.29) is 0 Å². The maximum absolute atomic E-state index is 11.8. The lowest BCUT2D eigenvalue weighted by atomic mass is 9.82. The van der Waals surface area contributed by atoms with Crippen LogP contribution in [0, 0.1) is 11.3 Å². The van der Waals surface area contributed by atoms with E-state index in [2.05, 4.69) is 9.35 Å². The summed E-state index contributed by atoms with van der Waals surface area (Å²) in [5.41, 5.74) is -0.942. The van der Waals surface area contributed by atoms with Crippen molar-refractivity contribution >= 4 is 15.2 Å². The zero-order chi connectivity index (χ0) is 15.0. The van der Waals surface area contributed by atoms with Crippen LogP contribution in [0.5, 0.6) is 0 Å². The molecule has 0 saturated heterocycles. The summed E-state index contributed by atoms with van der Waals surface area (Å²) in [5, 5.41) is 23.6. The Morgan fingerprint density at radius 1 is 1.06 bits per heavy atom. The van der Waals surface area contributed by atoms with Gasteiger partial charge < -0.3 is 14.9 Å². The second-order valence-corrected chi connectivity index (χ2v) is 9.11. The summed E-state index contributed by atoms with van der Waals surface area (Å²) in [7, 11) is -10.7. The molecule has 9 nitrogen and oxygen atoms in total. The van der Waals surface area contributed by atoms with Gasteiger partial charge in [0.2, 0.25) is 0 Å². The molecule has 0 heterocycles. The van der Waals surface area contributed by atoms with Gasteiger partial charge in [0, 0.05) is 5.92 Å². The van der Waals surface area contributed by atoms with Gasteiger partial charge in [-0.1, -0.05) is 27.7 Å². The standard InChI is InChI=1S/C7H18O9P2/c1-5(6(2,3)4)7(8,17(11,12)13)18(14,15-9)16-10/h5,8-10H,1-4H3,(H2,11,12,13). The van der Waals surface area contributed by atoms with Crippen molar-refractivity contribution in [2.75, 3.05) is 0 Å². The molecule has 110 valence electrons. The fraction of sp³-hybridized carbons (Fsp3) is 1.00. The van der Waals surface area contributed by atoms with E-state index >= 15 is 0 Å². The number of hydrogen-bond donors (Lipinski definition) is 5. The average Bonchev–Trinajstić information content (AvgIpc) is 2.22. The van der Waals surface area contributed by atoms with Crippen LogP contribution in [0.15, 0.2) is 0 Å². The molecular formula is C7H18O9P2. The molecule has 5 N–H and O–H groups in total. The van der Waals surface area contributed by atoms with Crippen LogP contribution in [0.2, 0.25) is 0 Å². The van der Waals surface area contributed by atoms with Gasteiger partial charge in [0.1, 0.15) is 0 Å². The quantitative estimate of drug-likeness (QED) is 0.290. The Labute approximate surface area is 104 Å². The summed E-state index contributed by atoms with van der Waals surface area (Å²) in [5.74, 6) is -1.35. The maximum Gasteiger partial charge on any atom is 0.427 e. The smallest absolute Gasteiger partial charge is 0.367 e. The summed E-state index contributed by atoms with van der Waals surface area (Å²) < 4.78 is 29.9. The molecule has 0 radical (unpaired) electrons. The van der Waals surface area contributed by atoms with Crippen molar-refractivity contribution in [2.45, 2.75) is 32.8 Å². The lowest BCUT2D eigenvalue weighted by Gasteiger charge is -2.41. The third-order valence-corrected chi connectivity index (χ3v) is 7.31. The molecule has 0 fully saturated rings. The molecule has 18 heavy (non-hydrogen) atoms. The average molecular weight is 308 g/mol. The maximum atomic E-state index is 11.8. The van der Waals surface area contributed by atoms with Crippen molar-refractivity contribution in [1.82, 2.24) is 0 Å². The first-order chi connectivity index (χ1) is 7.78. The molecule has 2 unspecified atom stereocenters. The summed E-state index contributed by atoms with van der Waals surface area (Å²) >= 11 is 0. The van der Waals surface area contributed by atoms with Crippen molar-refractivity contribution in [3.63, 3.8) is 0 Å². The van der Waals surface area contributed by atoms with Crippen molar-refractivity contribution in [3.8, 4) is 0 Å². The minimum absolute atomic E-state index is 0.942.